The molecule has 0 spiro atoms. The van der Waals surface area contributed by atoms with E-state index < -0.39 is 0 Å². The van der Waals surface area contributed by atoms with Gasteiger partial charge >= 0.3 is 0 Å². The molecule has 4 heterocycles. The molecule has 8 nitrogen and oxygen atoms in total. The fourth-order valence-corrected chi connectivity index (χ4v) is 8.17. The smallest absolute Gasteiger partial charge is 0.164 e. The minimum absolute atomic E-state index is 0.617. The van der Waals surface area contributed by atoms with Gasteiger partial charge in [0.15, 0.2) is 34.9 Å². The second-order valence-corrected chi connectivity index (χ2v) is 15.7. The molecule has 8 aromatic carbocycles. The average Bonchev–Trinajstić information content (AvgIpc) is 3.93. The number of benzene rings is 8. The lowest BCUT2D eigenvalue weighted by Gasteiger charge is -2.09. The number of hydrogen-bond acceptors (Lipinski definition) is 8. The highest BCUT2D eigenvalue weighted by atomic mass is 79.9. The first-order chi connectivity index (χ1) is 31.1. The lowest BCUT2D eigenvalue weighted by atomic mass is 10.1. The maximum Gasteiger partial charge on any atom is 0.164 e. The fraction of sp³-hybridized carbons (Fsp3) is 0. The van der Waals surface area contributed by atoms with Gasteiger partial charge in [0.2, 0.25) is 0 Å². The first kappa shape index (κ1) is 37.8. The van der Waals surface area contributed by atoms with Crippen LogP contribution in [0.1, 0.15) is 0 Å². The number of para-hydroxylation sites is 1. The minimum atomic E-state index is 0.617. The highest BCUT2D eigenvalue weighted by Gasteiger charge is 2.19. The zero-order valence-corrected chi connectivity index (χ0v) is 35.0. The molecule has 0 atom stereocenters. The predicted octanol–water partition coefficient (Wildman–Crippen LogP) is 14.3. The summed E-state index contributed by atoms with van der Waals surface area (Å²) in [7, 11) is 0. The van der Waals surface area contributed by atoms with Crippen LogP contribution in [0.2, 0.25) is 0 Å². The molecule has 12 aromatic rings. The van der Waals surface area contributed by atoms with Gasteiger partial charge < -0.3 is 8.83 Å². The van der Waals surface area contributed by atoms with Crippen LogP contribution >= 0.6 is 15.9 Å². The zero-order chi connectivity index (χ0) is 42.1. The first-order valence-corrected chi connectivity index (χ1v) is 21.2. The van der Waals surface area contributed by atoms with Crippen molar-refractivity contribution in [2.75, 3.05) is 0 Å². The molecule has 0 aliphatic rings. The lowest BCUT2D eigenvalue weighted by Crippen LogP contribution is -2.00. The Morgan fingerprint density at radius 2 is 0.635 bits per heavy atom. The number of hydrogen-bond donors (Lipinski definition) is 0. The molecule has 0 aliphatic carbocycles. The predicted molar refractivity (Wildman–Crippen MR) is 255 cm³/mol. The van der Waals surface area contributed by atoms with E-state index in [1.54, 1.807) is 0 Å². The Morgan fingerprint density at radius 3 is 1.08 bits per heavy atom. The molecule has 63 heavy (non-hydrogen) atoms. The molecule has 0 amide bonds. The summed E-state index contributed by atoms with van der Waals surface area (Å²) >= 11 is 3.59. The second kappa shape index (κ2) is 16.4. The monoisotopic (exact) mass is 876 g/mol. The van der Waals surface area contributed by atoms with E-state index in [2.05, 4.69) is 28.1 Å². The summed E-state index contributed by atoms with van der Waals surface area (Å²) in [5.74, 6) is 3.82. The van der Waals surface area contributed by atoms with Crippen LogP contribution in [0.4, 0.5) is 0 Å². The molecular weight excluding hydrogens is 845 g/mol. The Balaban J connectivity index is 0.000000141. The van der Waals surface area contributed by atoms with Gasteiger partial charge in [-0.05, 0) is 36.4 Å². The summed E-state index contributed by atoms with van der Waals surface area (Å²) in [5.41, 5.74) is 8.94. The fourth-order valence-electron chi connectivity index (χ4n) is 7.80. The van der Waals surface area contributed by atoms with Crippen molar-refractivity contribution in [3.8, 4) is 68.3 Å². The Hall–Kier alpha value is -8.14. The van der Waals surface area contributed by atoms with Crippen molar-refractivity contribution in [1.82, 2.24) is 29.9 Å². The van der Waals surface area contributed by atoms with Crippen molar-refractivity contribution < 1.29 is 8.83 Å². The molecular formula is C54H33BrN6O2. The molecule has 298 valence electrons. The Bertz CT molecular complexity index is 3460. The van der Waals surface area contributed by atoms with E-state index in [1.165, 1.54) is 0 Å². The molecule has 0 saturated carbocycles. The summed E-state index contributed by atoms with van der Waals surface area (Å²) in [6.07, 6.45) is 0. The van der Waals surface area contributed by atoms with Crippen LogP contribution in [0.25, 0.3) is 112 Å². The third-order valence-electron chi connectivity index (χ3n) is 10.7. The third-order valence-corrected chi connectivity index (χ3v) is 11.2. The van der Waals surface area contributed by atoms with E-state index in [1.807, 2.05) is 188 Å². The van der Waals surface area contributed by atoms with Gasteiger partial charge in [-0.25, -0.2) is 29.9 Å². The van der Waals surface area contributed by atoms with Crippen molar-refractivity contribution >= 4 is 59.8 Å². The Morgan fingerprint density at radius 1 is 0.286 bits per heavy atom. The summed E-state index contributed by atoms with van der Waals surface area (Å²) in [5, 5.41) is 4.08. The van der Waals surface area contributed by atoms with E-state index in [0.717, 1.165) is 81.7 Å². The molecule has 0 fully saturated rings. The maximum atomic E-state index is 6.11. The summed E-state index contributed by atoms with van der Waals surface area (Å²) in [6, 6.07) is 66.1. The number of aromatic nitrogens is 6. The summed E-state index contributed by atoms with van der Waals surface area (Å²) in [6.45, 7) is 0. The van der Waals surface area contributed by atoms with Gasteiger partial charge in [-0.1, -0.05) is 180 Å². The van der Waals surface area contributed by atoms with Crippen LogP contribution in [0.15, 0.2) is 213 Å². The molecule has 0 saturated heterocycles. The molecule has 0 bridgehead atoms. The standard InChI is InChI=1S/C27H16BrN3O.C27H17N3O/c28-19-14-15-22-21(16-19)24-20(12-7-13-23(24)32-22)27-30-25(17-8-3-1-4-9-17)29-26(31-27)18-10-5-2-6-11-18;1-3-10-18(11-4-1)25-28-26(19-12-5-2-6-13-19)30-27(29-25)21-15-9-17-23-24(21)20-14-7-8-16-22(20)31-23/h1-16H;1-17H. The quantitative estimate of drug-likeness (QED) is 0.163. The van der Waals surface area contributed by atoms with Crippen molar-refractivity contribution in [3.05, 3.63) is 205 Å². The van der Waals surface area contributed by atoms with Gasteiger partial charge in [0.1, 0.15) is 22.3 Å². The van der Waals surface area contributed by atoms with Crippen LogP contribution in [0.5, 0.6) is 0 Å². The van der Waals surface area contributed by atoms with E-state index in [0.29, 0.717) is 34.9 Å². The molecule has 4 aromatic heterocycles. The highest BCUT2D eigenvalue weighted by molar-refractivity contribution is 9.10. The number of halogens is 1. The molecule has 0 unspecified atom stereocenters. The van der Waals surface area contributed by atoms with Crippen LogP contribution in [0.3, 0.4) is 0 Å². The number of fused-ring (bicyclic) bond motifs is 6. The number of rotatable bonds is 6. The van der Waals surface area contributed by atoms with Crippen LogP contribution < -0.4 is 0 Å². The van der Waals surface area contributed by atoms with Crippen molar-refractivity contribution in [2.24, 2.45) is 0 Å². The van der Waals surface area contributed by atoms with E-state index in [-0.39, 0.29) is 0 Å². The van der Waals surface area contributed by atoms with E-state index >= 15 is 0 Å². The van der Waals surface area contributed by atoms with Gasteiger partial charge in [0, 0.05) is 59.4 Å². The SMILES string of the molecule is Brc1ccc2oc3cccc(-c4nc(-c5ccccc5)nc(-c5ccccc5)n4)c3c2c1.c1ccc(-c2nc(-c3ccccc3)nc(-c3cccc4oc5ccccc5c34)n2)cc1. The topological polar surface area (TPSA) is 104 Å². The molecule has 12 rings (SSSR count). The van der Waals surface area contributed by atoms with Crippen LogP contribution in [-0.2, 0) is 0 Å². The van der Waals surface area contributed by atoms with Gasteiger partial charge in [-0.15, -0.1) is 0 Å². The normalized spacial score (nSPS) is 11.3. The van der Waals surface area contributed by atoms with Crippen molar-refractivity contribution in [1.29, 1.82) is 0 Å². The van der Waals surface area contributed by atoms with Gasteiger partial charge in [-0.3, -0.25) is 0 Å². The van der Waals surface area contributed by atoms with Crippen LogP contribution in [0, 0.1) is 0 Å². The van der Waals surface area contributed by atoms with Gasteiger partial charge in [0.05, 0.1) is 0 Å². The largest absolute Gasteiger partial charge is 0.456 e. The minimum Gasteiger partial charge on any atom is -0.456 e. The molecule has 0 radical (unpaired) electrons. The third kappa shape index (κ3) is 7.41. The van der Waals surface area contributed by atoms with Gasteiger partial charge in [-0.2, -0.15) is 0 Å². The first-order valence-electron chi connectivity index (χ1n) is 20.4. The van der Waals surface area contributed by atoms with Crippen molar-refractivity contribution in [3.63, 3.8) is 0 Å². The maximum absolute atomic E-state index is 6.11. The van der Waals surface area contributed by atoms with Crippen molar-refractivity contribution in [2.45, 2.75) is 0 Å². The number of furan rings is 2. The van der Waals surface area contributed by atoms with Gasteiger partial charge in [0.25, 0.3) is 0 Å². The Labute approximate surface area is 369 Å². The lowest BCUT2D eigenvalue weighted by molar-refractivity contribution is 0.668. The second-order valence-electron chi connectivity index (χ2n) is 14.8. The van der Waals surface area contributed by atoms with E-state index in [4.69, 9.17) is 38.7 Å². The summed E-state index contributed by atoms with van der Waals surface area (Å²) < 4.78 is 13.2. The zero-order valence-electron chi connectivity index (χ0n) is 33.4. The molecule has 0 N–H and O–H groups in total. The summed E-state index contributed by atoms with van der Waals surface area (Å²) in [4.78, 5) is 29.1. The Kier molecular flexibility index (Phi) is 9.83. The molecule has 9 heteroatoms. The number of nitrogens with zero attached hydrogens (tertiary/aromatic N) is 6. The molecule has 0 aliphatic heterocycles. The van der Waals surface area contributed by atoms with Crippen LogP contribution in [-0.4, -0.2) is 29.9 Å². The average molecular weight is 878 g/mol. The van der Waals surface area contributed by atoms with E-state index in [9.17, 15) is 0 Å². The highest BCUT2D eigenvalue weighted by Crippen LogP contribution is 2.39.